The maximum atomic E-state index is 13.1. The summed E-state index contributed by atoms with van der Waals surface area (Å²) in [6.45, 7) is 2.02. The van der Waals surface area contributed by atoms with E-state index >= 15 is 0 Å². The molecule has 0 spiro atoms. The van der Waals surface area contributed by atoms with Gasteiger partial charge in [0.2, 0.25) is 0 Å². The first-order chi connectivity index (χ1) is 12.2. The fraction of sp³-hybridized carbons (Fsp3) is 0.300. The van der Waals surface area contributed by atoms with E-state index in [-0.39, 0.29) is 11.8 Å². The number of carbonyl (C=O) groups is 2. The molecule has 0 aliphatic carbocycles. The molecule has 5 heteroatoms. The largest absolute Gasteiger partial charge is 0.497 e. The molecule has 0 atom stereocenters. The SMILES string of the molecule is COc1cccc(N2Cc3cccc(C(=O)N4CCCC4)c3C2=O)c1. The van der Waals surface area contributed by atoms with Gasteiger partial charge in [-0.15, -0.1) is 0 Å². The van der Waals surface area contributed by atoms with Gasteiger partial charge in [-0.3, -0.25) is 9.59 Å². The first-order valence-corrected chi connectivity index (χ1v) is 8.56. The van der Waals surface area contributed by atoms with Gasteiger partial charge in [-0.1, -0.05) is 18.2 Å². The molecule has 0 N–H and O–H groups in total. The van der Waals surface area contributed by atoms with Crippen LogP contribution < -0.4 is 9.64 Å². The van der Waals surface area contributed by atoms with E-state index in [4.69, 9.17) is 4.74 Å². The average molecular weight is 336 g/mol. The Bertz CT molecular complexity index is 841. The summed E-state index contributed by atoms with van der Waals surface area (Å²) >= 11 is 0. The number of fused-ring (bicyclic) bond motifs is 1. The van der Waals surface area contributed by atoms with E-state index in [1.807, 2.05) is 41.3 Å². The van der Waals surface area contributed by atoms with Crippen molar-refractivity contribution in [2.75, 3.05) is 25.1 Å². The molecule has 25 heavy (non-hydrogen) atoms. The Morgan fingerprint density at radius 2 is 1.84 bits per heavy atom. The first-order valence-electron chi connectivity index (χ1n) is 8.56. The van der Waals surface area contributed by atoms with E-state index in [0.717, 1.165) is 37.2 Å². The number of hydrogen-bond acceptors (Lipinski definition) is 3. The molecule has 1 fully saturated rings. The summed E-state index contributed by atoms with van der Waals surface area (Å²) in [7, 11) is 1.60. The normalized spacial score (nSPS) is 16.3. The van der Waals surface area contributed by atoms with Gasteiger partial charge < -0.3 is 14.5 Å². The monoisotopic (exact) mass is 336 g/mol. The van der Waals surface area contributed by atoms with Gasteiger partial charge in [0.15, 0.2) is 0 Å². The number of carbonyl (C=O) groups excluding carboxylic acids is 2. The molecule has 0 bridgehead atoms. The van der Waals surface area contributed by atoms with Gasteiger partial charge in [-0.25, -0.2) is 0 Å². The third kappa shape index (κ3) is 2.65. The van der Waals surface area contributed by atoms with E-state index in [0.29, 0.717) is 23.4 Å². The predicted molar refractivity (Wildman–Crippen MR) is 95.1 cm³/mol. The summed E-state index contributed by atoms with van der Waals surface area (Å²) < 4.78 is 5.26. The molecule has 2 amide bonds. The Kier molecular flexibility index (Phi) is 3.92. The van der Waals surface area contributed by atoms with Crippen LogP contribution in [0, 0.1) is 0 Å². The Balaban J connectivity index is 1.69. The lowest BCUT2D eigenvalue weighted by Gasteiger charge is -2.18. The summed E-state index contributed by atoms with van der Waals surface area (Å²) in [5, 5.41) is 0. The summed E-state index contributed by atoms with van der Waals surface area (Å²) in [6, 6.07) is 13.0. The van der Waals surface area contributed by atoms with Gasteiger partial charge in [-0.2, -0.15) is 0 Å². The smallest absolute Gasteiger partial charge is 0.259 e. The summed E-state index contributed by atoms with van der Waals surface area (Å²) in [4.78, 5) is 29.4. The van der Waals surface area contributed by atoms with Crippen LogP contribution in [-0.4, -0.2) is 36.9 Å². The third-order valence-electron chi connectivity index (χ3n) is 4.93. The van der Waals surface area contributed by atoms with Crippen LogP contribution in [0.1, 0.15) is 39.1 Å². The number of likely N-dealkylation sites (tertiary alicyclic amines) is 1. The number of benzene rings is 2. The zero-order chi connectivity index (χ0) is 17.4. The number of hydrogen-bond donors (Lipinski definition) is 0. The molecule has 1 saturated heterocycles. The van der Waals surface area contributed by atoms with Crippen molar-refractivity contribution in [2.24, 2.45) is 0 Å². The maximum absolute atomic E-state index is 13.1. The minimum absolute atomic E-state index is 0.0322. The molecule has 0 aromatic heterocycles. The van der Waals surface area contributed by atoms with E-state index < -0.39 is 0 Å². The van der Waals surface area contributed by atoms with Crippen LogP contribution in [0.5, 0.6) is 5.75 Å². The lowest BCUT2D eigenvalue weighted by atomic mass is 10.0. The van der Waals surface area contributed by atoms with Crippen LogP contribution in [0.15, 0.2) is 42.5 Å². The van der Waals surface area contributed by atoms with Crippen molar-refractivity contribution in [1.29, 1.82) is 0 Å². The van der Waals surface area contributed by atoms with Gasteiger partial charge in [0.1, 0.15) is 5.75 Å². The molecular formula is C20H20N2O3. The maximum Gasteiger partial charge on any atom is 0.259 e. The average Bonchev–Trinajstić information content (AvgIpc) is 3.29. The molecule has 2 aromatic carbocycles. The van der Waals surface area contributed by atoms with Gasteiger partial charge in [0.25, 0.3) is 11.8 Å². The van der Waals surface area contributed by atoms with Crippen LogP contribution in [0.25, 0.3) is 0 Å². The molecule has 2 aliphatic heterocycles. The Hall–Kier alpha value is -2.82. The Morgan fingerprint density at radius 1 is 1.08 bits per heavy atom. The fourth-order valence-corrected chi connectivity index (χ4v) is 3.62. The fourth-order valence-electron chi connectivity index (χ4n) is 3.62. The highest BCUT2D eigenvalue weighted by molar-refractivity contribution is 6.16. The summed E-state index contributed by atoms with van der Waals surface area (Å²) in [5.41, 5.74) is 2.75. The van der Waals surface area contributed by atoms with Crippen molar-refractivity contribution >= 4 is 17.5 Å². The Morgan fingerprint density at radius 3 is 2.60 bits per heavy atom. The van der Waals surface area contributed by atoms with Gasteiger partial charge in [0, 0.05) is 24.8 Å². The Labute approximate surface area is 146 Å². The molecule has 5 nitrogen and oxygen atoms in total. The number of anilines is 1. The summed E-state index contributed by atoms with van der Waals surface area (Å²) in [5.74, 6) is 0.552. The highest BCUT2D eigenvalue weighted by atomic mass is 16.5. The zero-order valence-electron chi connectivity index (χ0n) is 14.2. The van der Waals surface area contributed by atoms with E-state index in [1.165, 1.54) is 0 Å². The molecule has 0 unspecified atom stereocenters. The molecular weight excluding hydrogens is 316 g/mol. The number of nitrogens with zero attached hydrogens (tertiary/aromatic N) is 2. The molecule has 0 saturated carbocycles. The second-order valence-electron chi connectivity index (χ2n) is 6.43. The quantitative estimate of drug-likeness (QED) is 0.865. The van der Waals surface area contributed by atoms with Crippen LogP contribution in [0.4, 0.5) is 5.69 Å². The number of ether oxygens (including phenoxy) is 1. The lowest BCUT2D eigenvalue weighted by Crippen LogP contribution is -2.30. The second kappa shape index (κ2) is 6.24. The third-order valence-corrected chi connectivity index (χ3v) is 4.93. The van der Waals surface area contributed by atoms with Crippen LogP contribution in [-0.2, 0) is 6.54 Å². The highest BCUT2D eigenvalue weighted by Crippen LogP contribution is 2.32. The minimum atomic E-state index is -0.119. The molecule has 2 heterocycles. The van der Waals surface area contributed by atoms with E-state index in [1.54, 1.807) is 18.1 Å². The topological polar surface area (TPSA) is 49.9 Å². The molecule has 2 aliphatic rings. The molecule has 0 radical (unpaired) electrons. The minimum Gasteiger partial charge on any atom is -0.497 e. The summed E-state index contributed by atoms with van der Waals surface area (Å²) in [6.07, 6.45) is 2.06. The van der Waals surface area contributed by atoms with Crippen molar-refractivity contribution in [1.82, 2.24) is 4.90 Å². The van der Waals surface area contributed by atoms with Crippen molar-refractivity contribution in [3.63, 3.8) is 0 Å². The van der Waals surface area contributed by atoms with Crippen LogP contribution >= 0.6 is 0 Å². The molecule has 4 rings (SSSR count). The van der Waals surface area contributed by atoms with Crippen LogP contribution in [0.2, 0.25) is 0 Å². The van der Waals surface area contributed by atoms with Gasteiger partial charge in [0.05, 0.1) is 24.8 Å². The van der Waals surface area contributed by atoms with Crippen molar-refractivity contribution in [2.45, 2.75) is 19.4 Å². The number of methoxy groups -OCH3 is 1. The van der Waals surface area contributed by atoms with Crippen molar-refractivity contribution in [3.05, 3.63) is 59.2 Å². The van der Waals surface area contributed by atoms with E-state index in [9.17, 15) is 9.59 Å². The van der Waals surface area contributed by atoms with Crippen molar-refractivity contribution in [3.8, 4) is 5.75 Å². The first kappa shape index (κ1) is 15.7. The molecule has 2 aromatic rings. The standard InChI is InChI=1S/C20H20N2O3/c1-25-16-8-5-7-15(12-16)22-13-14-6-4-9-17(18(14)20(22)24)19(23)21-10-2-3-11-21/h4-9,12H,2-3,10-11,13H2,1H3. The second-order valence-corrected chi connectivity index (χ2v) is 6.43. The van der Waals surface area contributed by atoms with E-state index in [2.05, 4.69) is 0 Å². The van der Waals surface area contributed by atoms with Crippen molar-refractivity contribution < 1.29 is 14.3 Å². The van der Waals surface area contributed by atoms with Gasteiger partial charge in [-0.05, 0) is 36.6 Å². The lowest BCUT2D eigenvalue weighted by molar-refractivity contribution is 0.0787. The number of amides is 2. The molecule has 128 valence electrons. The highest BCUT2D eigenvalue weighted by Gasteiger charge is 2.34. The predicted octanol–water partition coefficient (Wildman–Crippen LogP) is 3.09. The zero-order valence-corrected chi connectivity index (χ0v) is 14.2. The number of rotatable bonds is 3. The van der Waals surface area contributed by atoms with Crippen LogP contribution in [0.3, 0.4) is 0 Å². The van der Waals surface area contributed by atoms with Gasteiger partial charge >= 0.3 is 0 Å².